The number of amides is 1. The van der Waals surface area contributed by atoms with E-state index in [2.05, 4.69) is 15.6 Å². The monoisotopic (exact) mass is 360 g/mol. The number of hydrazine groups is 1. The fourth-order valence-electron chi connectivity index (χ4n) is 3.06. The number of H-pyrrole nitrogens is 1. The highest BCUT2D eigenvalue weighted by Gasteiger charge is 2.20. The second-order valence-corrected chi connectivity index (χ2v) is 6.48. The molecule has 0 radical (unpaired) electrons. The van der Waals surface area contributed by atoms with E-state index >= 15 is 0 Å². The molecule has 0 aliphatic carbocycles. The van der Waals surface area contributed by atoms with Crippen LogP contribution in [0.15, 0.2) is 24.3 Å². The quantitative estimate of drug-likeness (QED) is 0.744. The van der Waals surface area contributed by atoms with E-state index in [0.29, 0.717) is 24.5 Å². The maximum Gasteiger partial charge on any atom is 0.283 e. The van der Waals surface area contributed by atoms with E-state index in [1.54, 1.807) is 0 Å². The molecule has 6 nitrogen and oxygen atoms in total. The van der Waals surface area contributed by atoms with Crippen LogP contribution in [0.5, 0.6) is 5.75 Å². The zero-order chi connectivity index (χ0) is 18.4. The van der Waals surface area contributed by atoms with E-state index in [1.165, 1.54) is 6.42 Å². The van der Waals surface area contributed by atoms with Crippen LogP contribution in [0.4, 0.5) is 4.39 Å². The summed E-state index contributed by atoms with van der Waals surface area (Å²) in [5.74, 6) is 0.535. The summed E-state index contributed by atoms with van der Waals surface area (Å²) in [6.07, 6.45) is 3.81. The topological polar surface area (TPSA) is 70.2 Å². The first-order valence-electron chi connectivity index (χ1n) is 9.09. The normalized spacial score (nSPS) is 15.0. The van der Waals surface area contributed by atoms with Crippen LogP contribution in [0.25, 0.3) is 11.3 Å². The predicted octanol–water partition coefficient (Wildman–Crippen LogP) is 3.25. The number of aromatic amines is 1. The van der Waals surface area contributed by atoms with E-state index in [-0.39, 0.29) is 12.6 Å². The molecular formula is C19H25FN4O2. The first kappa shape index (κ1) is 18.4. The maximum absolute atomic E-state index is 12.5. The van der Waals surface area contributed by atoms with E-state index in [0.717, 1.165) is 42.8 Å². The van der Waals surface area contributed by atoms with Crippen molar-refractivity contribution in [3.63, 3.8) is 0 Å². The number of alkyl halides is 1. The highest BCUT2D eigenvalue weighted by atomic mass is 19.1. The highest BCUT2D eigenvalue weighted by molar-refractivity contribution is 5.95. The number of carbonyl (C=O) groups excluding carboxylic acids is 1. The van der Waals surface area contributed by atoms with Crippen LogP contribution in [0.1, 0.15) is 41.7 Å². The highest BCUT2D eigenvalue weighted by Crippen LogP contribution is 2.25. The Morgan fingerprint density at radius 2 is 2.00 bits per heavy atom. The van der Waals surface area contributed by atoms with E-state index in [1.807, 2.05) is 36.2 Å². The molecule has 1 saturated heterocycles. The third-order valence-corrected chi connectivity index (χ3v) is 4.53. The average molecular weight is 360 g/mol. The number of ether oxygens (including phenoxy) is 1. The van der Waals surface area contributed by atoms with Gasteiger partial charge in [0.15, 0.2) is 0 Å². The summed E-state index contributed by atoms with van der Waals surface area (Å²) in [6.45, 7) is 3.63. The Balaban J connectivity index is 1.67. The first-order valence-corrected chi connectivity index (χ1v) is 9.09. The number of aromatic nitrogens is 2. The Bertz CT molecular complexity index is 724. The van der Waals surface area contributed by atoms with Crippen molar-refractivity contribution < 1.29 is 13.9 Å². The summed E-state index contributed by atoms with van der Waals surface area (Å²) < 4.78 is 17.6. The van der Waals surface area contributed by atoms with Gasteiger partial charge in [-0.05, 0) is 44.0 Å². The lowest BCUT2D eigenvalue weighted by Gasteiger charge is -2.26. The van der Waals surface area contributed by atoms with Gasteiger partial charge in [0.1, 0.15) is 11.4 Å². The summed E-state index contributed by atoms with van der Waals surface area (Å²) >= 11 is 0. The van der Waals surface area contributed by atoms with Gasteiger partial charge < -0.3 is 4.74 Å². The minimum absolute atomic E-state index is 0.158. The lowest BCUT2D eigenvalue weighted by molar-refractivity contribution is 0.0744. The smallest absolute Gasteiger partial charge is 0.283 e. The Morgan fingerprint density at radius 1 is 1.27 bits per heavy atom. The number of hydrogen-bond acceptors (Lipinski definition) is 4. The average Bonchev–Trinajstić information content (AvgIpc) is 3.05. The minimum atomic E-state index is -0.382. The van der Waals surface area contributed by atoms with Crippen molar-refractivity contribution >= 4 is 5.91 Å². The van der Waals surface area contributed by atoms with Crippen LogP contribution in [0.3, 0.4) is 0 Å². The summed E-state index contributed by atoms with van der Waals surface area (Å²) in [5.41, 5.74) is 5.88. The second kappa shape index (κ2) is 8.80. The molecule has 7 heteroatoms. The molecule has 3 rings (SSSR count). The molecule has 0 atom stereocenters. The third kappa shape index (κ3) is 4.40. The van der Waals surface area contributed by atoms with Gasteiger partial charge in [-0.25, -0.2) is 5.01 Å². The Kier molecular flexibility index (Phi) is 6.22. The number of rotatable bonds is 7. The molecule has 2 heterocycles. The number of piperidine rings is 1. The van der Waals surface area contributed by atoms with Crippen molar-refractivity contribution in [2.45, 2.75) is 32.6 Å². The molecule has 0 bridgehead atoms. The van der Waals surface area contributed by atoms with Gasteiger partial charge in [0.25, 0.3) is 5.91 Å². The van der Waals surface area contributed by atoms with Crippen molar-refractivity contribution in [1.29, 1.82) is 0 Å². The van der Waals surface area contributed by atoms with Crippen LogP contribution in [-0.2, 0) is 0 Å². The van der Waals surface area contributed by atoms with Crippen molar-refractivity contribution in [3.8, 4) is 17.0 Å². The maximum atomic E-state index is 12.5. The molecule has 26 heavy (non-hydrogen) atoms. The number of benzene rings is 1. The van der Waals surface area contributed by atoms with Crippen LogP contribution in [0.2, 0.25) is 0 Å². The van der Waals surface area contributed by atoms with Gasteiger partial charge in [-0.15, -0.1) is 0 Å². The van der Waals surface area contributed by atoms with Gasteiger partial charge in [0.05, 0.1) is 19.0 Å². The van der Waals surface area contributed by atoms with Crippen LogP contribution in [0, 0.1) is 6.92 Å². The van der Waals surface area contributed by atoms with E-state index < -0.39 is 0 Å². The van der Waals surface area contributed by atoms with E-state index in [9.17, 15) is 9.18 Å². The molecule has 0 saturated carbocycles. The molecule has 0 spiro atoms. The Labute approximate surface area is 152 Å². The molecule has 1 amide bonds. The number of hydrogen-bond donors (Lipinski definition) is 2. The summed E-state index contributed by atoms with van der Waals surface area (Å²) in [4.78, 5) is 12.5. The third-order valence-electron chi connectivity index (χ3n) is 4.53. The largest absolute Gasteiger partial charge is 0.493 e. The van der Waals surface area contributed by atoms with Gasteiger partial charge in [-0.3, -0.25) is 19.7 Å². The van der Waals surface area contributed by atoms with E-state index in [4.69, 9.17) is 4.74 Å². The van der Waals surface area contributed by atoms with Gasteiger partial charge in [0, 0.05) is 30.6 Å². The SMILES string of the molecule is Cc1c(-c2ccc(OCCCF)cc2)n[nH]c1C(=O)NN1CCCCC1. The zero-order valence-electron chi connectivity index (χ0n) is 15.1. The lowest BCUT2D eigenvalue weighted by atomic mass is 10.1. The van der Waals surface area contributed by atoms with Gasteiger partial charge in [-0.2, -0.15) is 5.10 Å². The molecule has 0 unspecified atom stereocenters. The van der Waals surface area contributed by atoms with Gasteiger partial charge in [0.2, 0.25) is 0 Å². The molecule has 1 aliphatic heterocycles. The van der Waals surface area contributed by atoms with Crippen LogP contribution >= 0.6 is 0 Å². The summed E-state index contributed by atoms with van der Waals surface area (Å²) in [7, 11) is 0. The number of nitrogens with one attached hydrogen (secondary N) is 2. The number of nitrogens with zero attached hydrogens (tertiary/aromatic N) is 2. The number of halogens is 1. The Hall–Kier alpha value is -2.41. The van der Waals surface area contributed by atoms with Crippen LogP contribution in [-0.4, -0.2) is 47.5 Å². The molecule has 2 aromatic rings. The molecule has 1 aliphatic rings. The van der Waals surface area contributed by atoms with Gasteiger partial charge >= 0.3 is 0 Å². The van der Waals surface area contributed by atoms with Crippen LogP contribution < -0.4 is 10.2 Å². The zero-order valence-corrected chi connectivity index (χ0v) is 15.1. The van der Waals surface area contributed by atoms with Gasteiger partial charge in [-0.1, -0.05) is 6.42 Å². The molecule has 1 aromatic carbocycles. The van der Waals surface area contributed by atoms with Crippen molar-refractivity contribution in [2.24, 2.45) is 0 Å². The summed E-state index contributed by atoms with van der Waals surface area (Å²) in [6, 6.07) is 7.44. The molecule has 2 N–H and O–H groups in total. The lowest BCUT2D eigenvalue weighted by Crippen LogP contribution is -2.45. The fraction of sp³-hybridized carbons (Fsp3) is 0.474. The first-order chi connectivity index (χ1) is 12.7. The number of carbonyl (C=O) groups is 1. The standard InChI is InChI=1S/C19H25FN4O2/c1-14-17(15-6-8-16(9-7-15)26-13-5-10-20)21-22-18(14)19(25)23-24-11-3-2-4-12-24/h6-9H,2-5,10-13H2,1H3,(H,21,22)(H,23,25). The molecule has 1 fully saturated rings. The fourth-order valence-corrected chi connectivity index (χ4v) is 3.06. The Morgan fingerprint density at radius 3 is 2.69 bits per heavy atom. The predicted molar refractivity (Wildman–Crippen MR) is 97.7 cm³/mol. The van der Waals surface area contributed by atoms with Crippen molar-refractivity contribution in [3.05, 3.63) is 35.5 Å². The molecule has 140 valence electrons. The second-order valence-electron chi connectivity index (χ2n) is 6.48. The van der Waals surface area contributed by atoms with Crippen molar-refractivity contribution in [2.75, 3.05) is 26.4 Å². The van der Waals surface area contributed by atoms with Crippen molar-refractivity contribution in [1.82, 2.24) is 20.6 Å². The summed E-state index contributed by atoms with van der Waals surface area (Å²) in [5, 5.41) is 9.13. The minimum Gasteiger partial charge on any atom is -0.493 e. The molecule has 1 aromatic heterocycles. The molecular weight excluding hydrogens is 335 g/mol.